The maximum absolute atomic E-state index is 12.4. The Morgan fingerprint density at radius 2 is 2.20 bits per heavy atom. The van der Waals surface area contributed by atoms with Crippen LogP contribution in [0.25, 0.3) is 0 Å². The van der Waals surface area contributed by atoms with E-state index in [2.05, 4.69) is 10.1 Å². The van der Waals surface area contributed by atoms with Crippen LogP contribution >= 0.6 is 0 Å². The van der Waals surface area contributed by atoms with E-state index >= 15 is 0 Å². The van der Waals surface area contributed by atoms with Crippen molar-refractivity contribution in [2.24, 2.45) is 0 Å². The van der Waals surface area contributed by atoms with Crippen LogP contribution in [0.1, 0.15) is 22.3 Å². The summed E-state index contributed by atoms with van der Waals surface area (Å²) in [6, 6.07) is 5.35. The van der Waals surface area contributed by atoms with Crippen molar-refractivity contribution in [3.63, 3.8) is 0 Å². The normalized spacial score (nSPS) is 17.9. The van der Waals surface area contributed by atoms with Crippen molar-refractivity contribution in [1.29, 1.82) is 0 Å². The first-order chi connectivity index (χ1) is 9.52. The Labute approximate surface area is 117 Å². The fourth-order valence-electron chi connectivity index (χ4n) is 2.33. The number of nitrogen functional groups attached to an aromatic ring is 1. The Hall–Kier alpha value is -2.24. The first-order valence-corrected chi connectivity index (χ1v) is 6.51. The second-order valence-electron chi connectivity index (χ2n) is 4.91. The van der Waals surface area contributed by atoms with Gasteiger partial charge in [0, 0.05) is 18.8 Å². The summed E-state index contributed by atoms with van der Waals surface area (Å²) in [6.07, 6.45) is 0.242. The number of likely N-dealkylation sites (tertiary alicyclic amines) is 1. The topological polar surface area (TPSA) is 84.7 Å². The molecular formula is C14H19N3O3. The van der Waals surface area contributed by atoms with E-state index in [-0.39, 0.29) is 11.9 Å². The molecule has 6 nitrogen and oxygen atoms in total. The number of rotatable bonds is 2. The summed E-state index contributed by atoms with van der Waals surface area (Å²) in [5.74, 6) is -0.0969. The first kappa shape index (κ1) is 14.2. The van der Waals surface area contributed by atoms with Gasteiger partial charge in [-0.15, -0.1) is 0 Å². The predicted octanol–water partition coefficient (Wildman–Crippen LogP) is 1.15. The van der Waals surface area contributed by atoms with E-state index in [1.165, 1.54) is 7.11 Å². The van der Waals surface area contributed by atoms with Crippen molar-refractivity contribution in [3.8, 4) is 0 Å². The first-order valence-electron chi connectivity index (χ1n) is 6.51. The van der Waals surface area contributed by atoms with Crippen molar-refractivity contribution in [2.75, 3.05) is 25.9 Å². The average Bonchev–Trinajstić information content (AvgIpc) is 2.89. The molecule has 2 amide bonds. The number of alkyl carbamates (subject to hydrolysis) is 1. The lowest BCUT2D eigenvalue weighted by atomic mass is 10.1. The number of anilines is 1. The summed E-state index contributed by atoms with van der Waals surface area (Å²) in [5, 5.41) is 2.70. The van der Waals surface area contributed by atoms with E-state index in [9.17, 15) is 9.59 Å². The van der Waals surface area contributed by atoms with Gasteiger partial charge < -0.3 is 20.7 Å². The summed E-state index contributed by atoms with van der Waals surface area (Å²) >= 11 is 0. The number of carbonyl (C=O) groups excluding carboxylic acids is 2. The molecule has 1 aromatic carbocycles. The van der Waals surface area contributed by atoms with Gasteiger partial charge in [0.2, 0.25) is 0 Å². The quantitative estimate of drug-likeness (QED) is 0.794. The number of amides is 2. The molecule has 1 heterocycles. The molecule has 108 valence electrons. The highest BCUT2D eigenvalue weighted by Gasteiger charge is 2.29. The molecule has 1 atom stereocenters. The molecule has 0 aliphatic carbocycles. The molecule has 1 fully saturated rings. The van der Waals surface area contributed by atoms with Crippen molar-refractivity contribution < 1.29 is 14.3 Å². The number of ether oxygens (including phenoxy) is 1. The molecule has 1 aliphatic rings. The molecule has 20 heavy (non-hydrogen) atoms. The van der Waals surface area contributed by atoms with Crippen molar-refractivity contribution in [1.82, 2.24) is 10.2 Å². The SMILES string of the molecule is COC(=O)NC1CCN(C(=O)c2cccc(C)c2N)C1. The third-order valence-electron chi connectivity index (χ3n) is 3.54. The van der Waals surface area contributed by atoms with Crippen LogP contribution in [0.4, 0.5) is 10.5 Å². The van der Waals surface area contributed by atoms with E-state index in [1.807, 2.05) is 19.1 Å². The van der Waals surface area contributed by atoms with Gasteiger partial charge in [-0.3, -0.25) is 4.79 Å². The molecule has 0 bridgehead atoms. The summed E-state index contributed by atoms with van der Waals surface area (Å²) in [5.41, 5.74) is 7.87. The number of nitrogens with zero attached hydrogens (tertiary/aromatic N) is 1. The molecule has 1 saturated heterocycles. The van der Waals surface area contributed by atoms with Gasteiger partial charge in [0.25, 0.3) is 5.91 Å². The van der Waals surface area contributed by atoms with Crippen LogP contribution in [0.15, 0.2) is 18.2 Å². The van der Waals surface area contributed by atoms with Gasteiger partial charge in [-0.2, -0.15) is 0 Å². The van der Waals surface area contributed by atoms with Crippen LogP contribution in [0.3, 0.4) is 0 Å². The van der Waals surface area contributed by atoms with Crippen LogP contribution in [0.2, 0.25) is 0 Å². The van der Waals surface area contributed by atoms with Gasteiger partial charge in [-0.25, -0.2) is 4.79 Å². The van der Waals surface area contributed by atoms with E-state index in [0.29, 0.717) is 30.8 Å². The molecular weight excluding hydrogens is 258 g/mol. The minimum absolute atomic E-state index is 0.0718. The monoisotopic (exact) mass is 277 g/mol. The lowest BCUT2D eigenvalue weighted by molar-refractivity contribution is 0.0789. The molecule has 0 saturated carbocycles. The number of nitrogens with one attached hydrogen (secondary N) is 1. The second-order valence-corrected chi connectivity index (χ2v) is 4.91. The number of benzene rings is 1. The van der Waals surface area contributed by atoms with Crippen LogP contribution in [-0.2, 0) is 4.74 Å². The maximum atomic E-state index is 12.4. The largest absolute Gasteiger partial charge is 0.453 e. The Kier molecular flexibility index (Phi) is 4.12. The molecule has 1 aromatic rings. The molecule has 1 aliphatic heterocycles. The molecule has 0 aromatic heterocycles. The molecule has 3 N–H and O–H groups in total. The minimum atomic E-state index is -0.473. The maximum Gasteiger partial charge on any atom is 0.407 e. The number of aryl methyl sites for hydroxylation is 1. The number of nitrogens with two attached hydrogens (primary N) is 1. The molecule has 2 rings (SSSR count). The number of hydrogen-bond acceptors (Lipinski definition) is 4. The zero-order chi connectivity index (χ0) is 14.7. The number of methoxy groups -OCH3 is 1. The van der Waals surface area contributed by atoms with Gasteiger partial charge >= 0.3 is 6.09 Å². The Bertz CT molecular complexity index is 530. The van der Waals surface area contributed by atoms with E-state index in [1.54, 1.807) is 11.0 Å². The highest BCUT2D eigenvalue weighted by molar-refractivity contribution is 5.99. The Morgan fingerprint density at radius 1 is 1.45 bits per heavy atom. The standard InChI is InChI=1S/C14H19N3O3/c1-9-4-3-5-11(12(9)15)13(18)17-7-6-10(8-17)16-14(19)20-2/h3-5,10H,6-8,15H2,1-2H3,(H,16,19). The van der Waals surface area contributed by atoms with Gasteiger partial charge in [0.05, 0.1) is 18.7 Å². The number of para-hydroxylation sites is 1. The van der Waals surface area contributed by atoms with Gasteiger partial charge in [-0.1, -0.05) is 12.1 Å². The van der Waals surface area contributed by atoms with Crippen molar-refractivity contribution in [3.05, 3.63) is 29.3 Å². The lowest BCUT2D eigenvalue weighted by Gasteiger charge is -2.18. The molecule has 0 spiro atoms. The fourth-order valence-corrected chi connectivity index (χ4v) is 2.33. The minimum Gasteiger partial charge on any atom is -0.453 e. The zero-order valence-corrected chi connectivity index (χ0v) is 11.7. The number of hydrogen-bond donors (Lipinski definition) is 2. The highest BCUT2D eigenvalue weighted by Crippen LogP contribution is 2.21. The molecule has 6 heteroatoms. The Morgan fingerprint density at radius 3 is 2.90 bits per heavy atom. The predicted molar refractivity (Wildman–Crippen MR) is 75.4 cm³/mol. The van der Waals surface area contributed by atoms with Crippen LogP contribution < -0.4 is 11.1 Å². The fraction of sp³-hybridized carbons (Fsp3) is 0.429. The molecule has 0 radical (unpaired) electrons. The lowest BCUT2D eigenvalue weighted by Crippen LogP contribution is -2.38. The third kappa shape index (κ3) is 2.84. The summed E-state index contributed by atoms with van der Waals surface area (Å²) in [4.78, 5) is 25.3. The summed E-state index contributed by atoms with van der Waals surface area (Å²) in [6.45, 7) is 2.94. The van der Waals surface area contributed by atoms with E-state index in [4.69, 9.17) is 5.73 Å². The summed E-state index contributed by atoms with van der Waals surface area (Å²) in [7, 11) is 1.32. The highest BCUT2D eigenvalue weighted by atomic mass is 16.5. The van der Waals surface area contributed by atoms with Crippen LogP contribution in [-0.4, -0.2) is 43.1 Å². The molecule has 1 unspecified atom stereocenters. The third-order valence-corrected chi connectivity index (χ3v) is 3.54. The van der Waals surface area contributed by atoms with E-state index in [0.717, 1.165) is 5.56 Å². The van der Waals surface area contributed by atoms with Gasteiger partial charge in [-0.05, 0) is 25.0 Å². The Balaban J connectivity index is 2.04. The van der Waals surface area contributed by atoms with Gasteiger partial charge in [0.15, 0.2) is 0 Å². The smallest absolute Gasteiger partial charge is 0.407 e. The van der Waals surface area contributed by atoms with Crippen molar-refractivity contribution in [2.45, 2.75) is 19.4 Å². The van der Waals surface area contributed by atoms with Crippen LogP contribution in [0, 0.1) is 6.92 Å². The zero-order valence-electron chi connectivity index (χ0n) is 11.7. The number of carbonyl (C=O) groups is 2. The van der Waals surface area contributed by atoms with Crippen LogP contribution in [0.5, 0.6) is 0 Å². The second kappa shape index (κ2) is 5.81. The van der Waals surface area contributed by atoms with Crippen molar-refractivity contribution >= 4 is 17.7 Å². The van der Waals surface area contributed by atoms with Gasteiger partial charge in [0.1, 0.15) is 0 Å². The summed E-state index contributed by atoms with van der Waals surface area (Å²) < 4.78 is 4.55. The van der Waals surface area contributed by atoms with E-state index < -0.39 is 6.09 Å². The average molecular weight is 277 g/mol.